The van der Waals surface area contributed by atoms with Crippen molar-refractivity contribution < 1.29 is 28.8 Å². The Labute approximate surface area is 474 Å². The second kappa shape index (κ2) is 23.3. The predicted octanol–water partition coefficient (Wildman–Crippen LogP) is 6.36. The maximum atomic E-state index is 14.8. The van der Waals surface area contributed by atoms with Crippen molar-refractivity contribution in [2.45, 2.75) is 122 Å². The van der Waals surface area contributed by atoms with Crippen LogP contribution in [0.5, 0.6) is 0 Å². The molecule has 1 spiro atoms. The van der Waals surface area contributed by atoms with E-state index in [0.29, 0.717) is 53.9 Å². The molecule has 6 aromatic rings. The van der Waals surface area contributed by atoms with Gasteiger partial charge in [0, 0.05) is 59.0 Å². The zero-order valence-corrected chi connectivity index (χ0v) is 47.5. The van der Waals surface area contributed by atoms with Gasteiger partial charge in [-0.25, -0.2) is 4.68 Å². The number of rotatable bonds is 8. The average molecular weight is 1120 g/mol. The lowest BCUT2D eigenvalue weighted by Gasteiger charge is -2.35. The maximum absolute atomic E-state index is 14.8. The normalized spacial score (nSPS) is 21.9. The van der Waals surface area contributed by atoms with Crippen LogP contribution in [0, 0.1) is 32.1 Å². The Bertz CT molecular complexity index is 3340. The van der Waals surface area contributed by atoms with Gasteiger partial charge in [0.15, 0.2) is 5.82 Å². The third-order valence-electron chi connectivity index (χ3n) is 15.9. The molecule has 0 radical (unpaired) electrons. The minimum atomic E-state index is -1.02. The minimum Gasteiger partial charge on any atom is -0.355 e. The molecule has 21 heteroatoms. The van der Waals surface area contributed by atoms with Crippen LogP contribution in [0.3, 0.4) is 0 Å². The lowest BCUT2D eigenvalue weighted by molar-refractivity contribution is -0.144. The first kappa shape index (κ1) is 55.7. The van der Waals surface area contributed by atoms with Crippen molar-refractivity contribution in [2.24, 2.45) is 16.3 Å². The summed E-state index contributed by atoms with van der Waals surface area (Å²) in [7, 11) is 0. The van der Waals surface area contributed by atoms with E-state index in [0.717, 1.165) is 56.1 Å². The van der Waals surface area contributed by atoms with E-state index in [-0.39, 0.29) is 57.3 Å². The number of hydrogen-bond donors (Lipinski definition) is 5. The van der Waals surface area contributed by atoms with E-state index in [1.54, 1.807) is 27.1 Å². The van der Waals surface area contributed by atoms with Gasteiger partial charge >= 0.3 is 0 Å². The molecule has 418 valence electrons. The molecular formula is C59H68ClN13O6S. The van der Waals surface area contributed by atoms with Gasteiger partial charge in [-0.05, 0) is 99.1 Å². The van der Waals surface area contributed by atoms with Crippen LogP contribution in [0.2, 0.25) is 5.02 Å². The summed E-state index contributed by atoms with van der Waals surface area (Å²) in [5.41, 5.74) is 5.84. The fraction of sp³-hybridized carbons (Fsp3) is 0.441. The first-order valence-electron chi connectivity index (χ1n) is 27.5. The molecule has 80 heavy (non-hydrogen) atoms. The van der Waals surface area contributed by atoms with Crippen molar-refractivity contribution in [1.29, 1.82) is 0 Å². The number of aromatic nitrogens is 6. The van der Waals surface area contributed by atoms with Gasteiger partial charge in [-0.1, -0.05) is 104 Å². The SMILES string of the molecule is Cc1sc2c(c1C)C(c1ccc(Cl)cc1)=N[C@@H](CC(=O)NC[C@H]1CCCNC(=O)[C@@H](Cc3ccc(-c4ccccc4)cc3)NC(=O)[C@@H]3CCCN3C(=O)C(C(C)(C)C)n3cc(nn3)C3(CC3)CNC(=O)CNC1=O)c1nnc(C)n1-2. The van der Waals surface area contributed by atoms with E-state index in [1.165, 1.54) is 0 Å². The van der Waals surface area contributed by atoms with Crippen LogP contribution >= 0.6 is 22.9 Å². The molecule has 1 saturated carbocycles. The van der Waals surface area contributed by atoms with Gasteiger partial charge in [-0.3, -0.25) is 38.3 Å². The minimum absolute atomic E-state index is 0.0827. The molecule has 3 aliphatic heterocycles. The van der Waals surface area contributed by atoms with Gasteiger partial charge in [0.2, 0.25) is 35.4 Å². The summed E-state index contributed by atoms with van der Waals surface area (Å²) in [6.45, 7) is 12.1. The number of halogens is 1. The second-order valence-electron chi connectivity index (χ2n) is 22.7. The average Bonchev–Trinajstić information content (AvgIpc) is 3.81. The van der Waals surface area contributed by atoms with E-state index in [2.05, 4.69) is 60.9 Å². The van der Waals surface area contributed by atoms with Crippen LogP contribution in [0.25, 0.3) is 16.1 Å². The van der Waals surface area contributed by atoms with Crippen LogP contribution in [0.4, 0.5) is 0 Å². The van der Waals surface area contributed by atoms with Crippen molar-refractivity contribution in [3.05, 3.63) is 135 Å². The monoisotopic (exact) mass is 1120 g/mol. The highest BCUT2D eigenvalue weighted by Crippen LogP contribution is 2.47. The van der Waals surface area contributed by atoms with Crippen LogP contribution in [0.1, 0.15) is 122 Å². The Hall–Kier alpha value is -7.58. The van der Waals surface area contributed by atoms with Crippen LogP contribution < -0.4 is 26.6 Å². The molecule has 5 atom stereocenters. The number of hydrogen-bond acceptors (Lipinski definition) is 12. The summed E-state index contributed by atoms with van der Waals surface area (Å²) in [6, 6.07) is 21.8. The van der Waals surface area contributed by atoms with Crippen molar-refractivity contribution in [2.75, 3.05) is 32.7 Å². The van der Waals surface area contributed by atoms with Gasteiger partial charge in [-0.2, -0.15) is 0 Å². The Morgan fingerprint density at radius 2 is 1.55 bits per heavy atom. The number of amides is 6. The van der Waals surface area contributed by atoms with Crippen LogP contribution in [-0.2, 0) is 40.6 Å². The standard InChI is InChI=1S/C59H68ClN13O6S/c1-34-35(2)80-57-49(34)50(40-20-22-42(60)23-21-40)65-43(52-69-67-36(3)73(52)57)29-47(74)62-30-41-14-10-26-61-54(77)44(28-37-16-18-39(19-17-37)38-12-8-7-9-13-38)66-55(78)45-15-11-27-71(45)56(79)51(58(4,5)6)72-32-46(68-70-72)59(24-25-59)33-64-48(75)31-63-53(41)76/h7-9,12-13,16-23,32,41,43-45,51H,10-11,14-15,24-31,33H2,1-6H3,(H,61,77)(H,62,74)(H,63,76)(H,64,75)(H,66,78)/t41-,43+,44-,45+,51?/m1/s1. The zero-order valence-electron chi connectivity index (χ0n) is 46.0. The first-order valence-corrected chi connectivity index (χ1v) is 28.7. The predicted molar refractivity (Wildman–Crippen MR) is 304 cm³/mol. The molecule has 1 saturated heterocycles. The number of thiophene rings is 1. The second-order valence-corrected chi connectivity index (χ2v) is 24.3. The highest BCUT2D eigenvalue weighted by atomic mass is 35.5. The lowest BCUT2D eigenvalue weighted by atomic mass is 9.85. The van der Waals surface area contributed by atoms with Crippen LogP contribution in [0.15, 0.2) is 90.1 Å². The Balaban J connectivity index is 0.898. The summed E-state index contributed by atoms with van der Waals surface area (Å²) in [5.74, 6) is -2.06. The fourth-order valence-corrected chi connectivity index (χ4v) is 12.4. The number of nitrogens with zero attached hydrogens (tertiary/aromatic N) is 8. The molecule has 3 aromatic carbocycles. The highest BCUT2D eigenvalue weighted by Gasteiger charge is 2.49. The fourth-order valence-electron chi connectivity index (χ4n) is 11.1. The number of nitrogens with one attached hydrogen (secondary N) is 5. The lowest BCUT2D eigenvalue weighted by Crippen LogP contribution is -2.55. The first-order chi connectivity index (χ1) is 38.4. The summed E-state index contributed by atoms with van der Waals surface area (Å²) in [5, 5.41) is 34.3. The van der Waals surface area contributed by atoms with E-state index >= 15 is 0 Å². The Morgan fingerprint density at radius 3 is 2.27 bits per heavy atom. The Kier molecular flexibility index (Phi) is 16.2. The van der Waals surface area contributed by atoms with Gasteiger partial charge in [0.25, 0.3) is 0 Å². The zero-order chi connectivity index (χ0) is 56.5. The number of fused-ring (bicyclic) bond motifs is 7. The van der Waals surface area contributed by atoms with E-state index in [4.69, 9.17) is 16.6 Å². The molecule has 6 amide bonds. The molecule has 2 bridgehead atoms. The van der Waals surface area contributed by atoms with Crippen molar-refractivity contribution in [3.63, 3.8) is 0 Å². The topological polar surface area (TPSA) is 240 Å². The van der Waals surface area contributed by atoms with Crippen molar-refractivity contribution in [3.8, 4) is 16.1 Å². The Morgan fingerprint density at radius 1 is 0.825 bits per heavy atom. The van der Waals surface area contributed by atoms with Crippen LogP contribution in [-0.4, -0.2) is 121 Å². The molecule has 19 nitrogen and oxygen atoms in total. The summed E-state index contributed by atoms with van der Waals surface area (Å²) in [4.78, 5) is 93.5. The summed E-state index contributed by atoms with van der Waals surface area (Å²) in [6.07, 6.45) is 4.81. The maximum Gasteiger partial charge on any atom is 0.248 e. The molecule has 10 rings (SSSR count). The highest BCUT2D eigenvalue weighted by molar-refractivity contribution is 7.15. The number of aryl methyl sites for hydroxylation is 2. The molecular weight excluding hydrogens is 1050 g/mol. The van der Waals surface area contributed by atoms with Gasteiger partial charge < -0.3 is 31.5 Å². The van der Waals surface area contributed by atoms with Crippen molar-refractivity contribution in [1.82, 2.24) is 61.2 Å². The molecule has 1 unspecified atom stereocenters. The molecule has 5 N–H and O–H groups in total. The van der Waals surface area contributed by atoms with Gasteiger partial charge in [-0.15, -0.1) is 26.6 Å². The largest absolute Gasteiger partial charge is 0.355 e. The molecule has 3 aromatic heterocycles. The number of carbonyl (C=O) groups is 6. The van der Waals surface area contributed by atoms with Gasteiger partial charge in [0.05, 0.1) is 36.5 Å². The number of aliphatic imine (C=N–C) groups is 1. The van der Waals surface area contributed by atoms with E-state index < -0.39 is 64.5 Å². The van der Waals surface area contributed by atoms with E-state index in [9.17, 15) is 28.8 Å². The molecule has 6 heterocycles. The molecule has 2 fully saturated rings. The third-order valence-corrected chi connectivity index (χ3v) is 17.4. The summed E-state index contributed by atoms with van der Waals surface area (Å²) >= 11 is 7.94. The third kappa shape index (κ3) is 12.0. The quantitative estimate of drug-likeness (QED) is 0.113. The smallest absolute Gasteiger partial charge is 0.248 e. The molecule has 1 aliphatic carbocycles. The molecule has 4 aliphatic rings. The van der Waals surface area contributed by atoms with Gasteiger partial charge in [0.1, 0.15) is 35.0 Å². The number of benzene rings is 3. The number of carbonyl (C=O) groups excluding carboxylic acids is 6. The van der Waals surface area contributed by atoms with Crippen molar-refractivity contribution >= 4 is 64.1 Å². The summed E-state index contributed by atoms with van der Waals surface area (Å²) < 4.78 is 3.54. The van der Waals surface area contributed by atoms with E-state index in [1.807, 2.05) is 111 Å².